The fourth-order valence-corrected chi connectivity index (χ4v) is 5.10. The number of aryl methyl sites for hydroxylation is 2. The van der Waals surface area contributed by atoms with E-state index in [9.17, 15) is 13.2 Å². The minimum Gasteiger partial charge on any atom is -0.315 e. The van der Waals surface area contributed by atoms with E-state index in [0.29, 0.717) is 24.4 Å². The molecule has 5 nitrogen and oxygen atoms in total. The van der Waals surface area contributed by atoms with Gasteiger partial charge in [0.15, 0.2) is 0 Å². The molecule has 1 fully saturated rings. The highest BCUT2D eigenvalue weighted by atomic mass is 35.5. The van der Waals surface area contributed by atoms with Crippen molar-refractivity contribution in [1.29, 1.82) is 0 Å². The Bertz CT molecular complexity index is 974. The molecule has 28 heavy (non-hydrogen) atoms. The van der Waals surface area contributed by atoms with Crippen LogP contribution in [0, 0.1) is 19.8 Å². The summed E-state index contributed by atoms with van der Waals surface area (Å²) in [5, 5.41) is 0.487. The van der Waals surface area contributed by atoms with Gasteiger partial charge in [-0.05, 0) is 74.2 Å². The number of halogens is 1. The summed E-state index contributed by atoms with van der Waals surface area (Å²) in [5.41, 5.74) is 3.11. The topological polar surface area (TPSA) is 57.7 Å². The molecule has 150 valence electrons. The molecular weight excluding hydrogens is 396 g/mol. The van der Waals surface area contributed by atoms with Crippen LogP contribution in [-0.4, -0.2) is 38.8 Å². The van der Waals surface area contributed by atoms with Gasteiger partial charge in [-0.3, -0.25) is 4.79 Å². The highest BCUT2D eigenvalue weighted by Gasteiger charge is 2.34. The molecule has 0 saturated carbocycles. The van der Waals surface area contributed by atoms with E-state index in [0.717, 1.165) is 11.3 Å². The zero-order valence-electron chi connectivity index (χ0n) is 16.4. The van der Waals surface area contributed by atoms with Gasteiger partial charge in [0.25, 0.3) is 0 Å². The third kappa shape index (κ3) is 4.24. The van der Waals surface area contributed by atoms with Crippen LogP contribution in [0.5, 0.6) is 0 Å². The number of amides is 1. The number of nitrogens with zero attached hydrogens (tertiary/aromatic N) is 2. The van der Waals surface area contributed by atoms with Crippen molar-refractivity contribution >= 4 is 33.2 Å². The van der Waals surface area contributed by atoms with Crippen molar-refractivity contribution in [3.05, 3.63) is 58.6 Å². The number of piperidine rings is 1. The standard InChI is InChI=1S/C21H25ClN2O3S/c1-15-6-9-19(13-16(15)2)23(3)21(25)17-5-4-12-24(14-17)28(26,27)20-10-7-18(22)8-11-20/h6-11,13,17H,4-5,12,14H2,1-3H3/t17-/m0/s1. The van der Waals surface area contributed by atoms with Crippen molar-refractivity contribution < 1.29 is 13.2 Å². The lowest BCUT2D eigenvalue weighted by molar-refractivity contribution is -0.123. The van der Waals surface area contributed by atoms with Gasteiger partial charge in [0.2, 0.25) is 15.9 Å². The molecule has 3 rings (SSSR count). The summed E-state index contributed by atoms with van der Waals surface area (Å²) in [6.45, 7) is 4.65. The van der Waals surface area contributed by atoms with Gasteiger partial charge in [-0.2, -0.15) is 4.31 Å². The van der Waals surface area contributed by atoms with Crippen molar-refractivity contribution in [2.24, 2.45) is 5.92 Å². The van der Waals surface area contributed by atoms with E-state index in [2.05, 4.69) is 0 Å². The highest BCUT2D eigenvalue weighted by molar-refractivity contribution is 7.89. The molecule has 1 amide bonds. The zero-order chi connectivity index (χ0) is 20.5. The molecule has 2 aromatic carbocycles. The third-order valence-corrected chi connectivity index (χ3v) is 7.52. The van der Waals surface area contributed by atoms with Crippen LogP contribution in [0.1, 0.15) is 24.0 Å². The minimum atomic E-state index is -3.64. The Morgan fingerprint density at radius 2 is 1.79 bits per heavy atom. The fourth-order valence-electron chi connectivity index (χ4n) is 3.45. The summed E-state index contributed by atoms with van der Waals surface area (Å²) >= 11 is 5.87. The number of hydrogen-bond acceptors (Lipinski definition) is 3. The molecule has 0 radical (unpaired) electrons. The first kappa shape index (κ1) is 20.8. The van der Waals surface area contributed by atoms with Crippen LogP contribution in [0.3, 0.4) is 0 Å². The van der Waals surface area contributed by atoms with Crippen LogP contribution in [0.4, 0.5) is 5.69 Å². The van der Waals surface area contributed by atoms with Gasteiger partial charge < -0.3 is 4.90 Å². The predicted octanol–water partition coefficient (Wildman–Crippen LogP) is 4.02. The molecular formula is C21H25ClN2O3S. The van der Waals surface area contributed by atoms with Crippen LogP contribution in [-0.2, 0) is 14.8 Å². The smallest absolute Gasteiger partial charge is 0.243 e. The molecule has 7 heteroatoms. The van der Waals surface area contributed by atoms with Gasteiger partial charge >= 0.3 is 0 Å². The second-order valence-electron chi connectivity index (χ2n) is 7.32. The highest BCUT2D eigenvalue weighted by Crippen LogP contribution is 2.27. The quantitative estimate of drug-likeness (QED) is 0.750. The van der Waals surface area contributed by atoms with E-state index in [1.807, 2.05) is 32.0 Å². The van der Waals surface area contributed by atoms with Gasteiger partial charge in [-0.15, -0.1) is 0 Å². The third-order valence-electron chi connectivity index (χ3n) is 5.39. The maximum Gasteiger partial charge on any atom is 0.243 e. The fraction of sp³-hybridized carbons (Fsp3) is 0.381. The molecule has 0 unspecified atom stereocenters. The Morgan fingerprint density at radius 3 is 2.43 bits per heavy atom. The van der Waals surface area contributed by atoms with Crippen LogP contribution < -0.4 is 4.90 Å². The summed E-state index contributed by atoms with van der Waals surface area (Å²) in [7, 11) is -1.89. The average Bonchev–Trinajstić information content (AvgIpc) is 2.69. The molecule has 2 aromatic rings. The zero-order valence-corrected chi connectivity index (χ0v) is 17.9. The van der Waals surface area contributed by atoms with Crippen molar-refractivity contribution in [2.75, 3.05) is 25.0 Å². The van der Waals surface area contributed by atoms with Crippen molar-refractivity contribution in [3.8, 4) is 0 Å². The first-order valence-electron chi connectivity index (χ1n) is 9.30. The molecule has 0 aliphatic carbocycles. The molecule has 0 N–H and O–H groups in total. The van der Waals surface area contributed by atoms with E-state index in [1.165, 1.54) is 22.0 Å². The van der Waals surface area contributed by atoms with Crippen LogP contribution >= 0.6 is 11.6 Å². The van der Waals surface area contributed by atoms with Crippen molar-refractivity contribution in [2.45, 2.75) is 31.6 Å². The van der Waals surface area contributed by atoms with E-state index in [1.54, 1.807) is 24.1 Å². The summed E-state index contributed by atoms with van der Waals surface area (Å²) in [6, 6.07) is 12.0. The number of rotatable bonds is 4. The summed E-state index contributed by atoms with van der Waals surface area (Å²) in [4.78, 5) is 14.9. The van der Waals surface area contributed by atoms with Crippen LogP contribution in [0.25, 0.3) is 0 Å². The lowest BCUT2D eigenvalue weighted by Gasteiger charge is -2.33. The number of hydrogen-bond donors (Lipinski definition) is 0. The number of anilines is 1. The minimum absolute atomic E-state index is 0.0562. The maximum atomic E-state index is 13.0. The molecule has 1 atom stereocenters. The van der Waals surface area contributed by atoms with Crippen molar-refractivity contribution in [3.63, 3.8) is 0 Å². The first-order valence-corrected chi connectivity index (χ1v) is 11.1. The average molecular weight is 421 g/mol. The lowest BCUT2D eigenvalue weighted by Crippen LogP contribution is -2.45. The van der Waals surface area contributed by atoms with Crippen molar-refractivity contribution in [1.82, 2.24) is 4.31 Å². The Balaban J connectivity index is 1.77. The Kier molecular flexibility index (Phi) is 6.12. The van der Waals surface area contributed by atoms with E-state index in [4.69, 9.17) is 11.6 Å². The lowest BCUT2D eigenvalue weighted by atomic mass is 9.98. The van der Waals surface area contributed by atoms with Gasteiger partial charge in [0.1, 0.15) is 0 Å². The Hall–Kier alpha value is -1.89. The van der Waals surface area contributed by atoms with Crippen LogP contribution in [0.15, 0.2) is 47.4 Å². The molecule has 0 aromatic heterocycles. The van der Waals surface area contributed by atoms with Gasteiger partial charge in [0, 0.05) is 30.8 Å². The monoisotopic (exact) mass is 420 g/mol. The molecule has 0 bridgehead atoms. The normalized spacial score (nSPS) is 18.1. The predicted molar refractivity (Wildman–Crippen MR) is 112 cm³/mol. The Labute approximate surface area is 172 Å². The van der Waals surface area contributed by atoms with E-state index in [-0.39, 0.29) is 23.3 Å². The number of benzene rings is 2. The van der Waals surface area contributed by atoms with Gasteiger partial charge in [0.05, 0.1) is 10.8 Å². The number of carbonyl (C=O) groups excluding carboxylic acids is 1. The summed E-state index contributed by atoms with van der Waals surface area (Å²) in [6.07, 6.45) is 1.34. The van der Waals surface area contributed by atoms with Gasteiger partial charge in [-0.25, -0.2) is 8.42 Å². The first-order chi connectivity index (χ1) is 13.2. The van der Waals surface area contributed by atoms with Crippen LogP contribution in [0.2, 0.25) is 5.02 Å². The maximum absolute atomic E-state index is 13.0. The molecule has 1 aliphatic rings. The largest absolute Gasteiger partial charge is 0.315 e. The molecule has 1 aliphatic heterocycles. The molecule has 1 heterocycles. The second-order valence-corrected chi connectivity index (χ2v) is 9.70. The number of carbonyl (C=O) groups is 1. The summed E-state index contributed by atoms with van der Waals surface area (Å²) < 4.78 is 27.3. The second kappa shape index (κ2) is 8.23. The van der Waals surface area contributed by atoms with E-state index >= 15 is 0 Å². The molecule has 0 spiro atoms. The Morgan fingerprint density at radius 1 is 1.11 bits per heavy atom. The number of sulfonamides is 1. The summed E-state index contributed by atoms with van der Waals surface area (Å²) in [5.74, 6) is -0.415. The van der Waals surface area contributed by atoms with Gasteiger partial charge in [-0.1, -0.05) is 17.7 Å². The van der Waals surface area contributed by atoms with E-state index < -0.39 is 10.0 Å². The SMILES string of the molecule is Cc1ccc(N(C)C(=O)[C@H]2CCCN(S(=O)(=O)c3ccc(Cl)cc3)C2)cc1C. The molecule has 1 saturated heterocycles.